The number of thioether (sulfide) groups is 1. The quantitative estimate of drug-likeness (QED) is 0.191. The van der Waals surface area contributed by atoms with Crippen LogP contribution in [-0.2, 0) is 9.53 Å². The van der Waals surface area contributed by atoms with Crippen LogP contribution in [0.25, 0.3) is 0 Å². The van der Waals surface area contributed by atoms with Crippen molar-refractivity contribution in [2.75, 3.05) is 19.5 Å². The number of amidine groups is 1. The normalized spacial score (nSPS) is 20.6. The van der Waals surface area contributed by atoms with Crippen LogP contribution in [0, 0.1) is 0 Å². The second-order valence-corrected chi connectivity index (χ2v) is 7.31. The van der Waals surface area contributed by atoms with E-state index in [2.05, 4.69) is 41.2 Å². The fourth-order valence-electron chi connectivity index (χ4n) is 2.90. The number of halogens is 1. The number of carboxylic acid groups (broad SMARTS) is 1. The molecule has 1 aromatic carbocycles. The molecule has 0 aliphatic carbocycles. The van der Waals surface area contributed by atoms with Gasteiger partial charge in [0.2, 0.25) is 0 Å². The third-order valence-corrected chi connectivity index (χ3v) is 5.07. The molecule has 0 amide bonds. The Morgan fingerprint density at radius 3 is 2.79 bits per heavy atom. The molecule has 0 saturated carbocycles. The van der Waals surface area contributed by atoms with Gasteiger partial charge >= 0.3 is 5.97 Å². The first-order valence-corrected chi connectivity index (χ1v) is 10.2. The predicted octanol–water partition coefficient (Wildman–Crippen LogP) is 3.42. The number of hydrogen-bond donors (Lipinski definition) is 3. The van der Waals surface area contributed by atoms with Crippen molar-refractivity contribution in [3.63, 3.8) is 0 Å². The minimum atomic E-state index is -1.30. The predicted molar refractivity (Wildman–Crippen MR) is 110 cm³/mol. The van der Waals surface area contributed by atoms with Crippen molar-refractivity contribution in [2.45, 2.75) is 36.4 Å². The number of benzene rings is 1. The molecule has 8 heteroatoms. The molecule has 0 unspecified atom stereocenters. The average Bonchev–Trinajstić information content (AvgIpc) is 2.71. The van der Waals surface area contributed by atoms with Gasteiger partial charge in [-0.1, -0.05) is 18.7 Å². The largest absolute Gasteiger partial charge is 0.477 e. The molecule has 152 valence electrons. The molecule has 6 nitrogen and oxygen atoms in total. The van der Waals surface area contributed by atoms with Crippen molar-refractivity contribution in [3.05, 3.63) is 53.9 Å². The van der Waals surface area contributed by atoms with Gasteiger partial charge in [0.05, 0.1) is 12.2 Å². The third-order valence-electron chi connectivity index (χ3n) is 4.32. The Kier molecular flexibility index (Phi) is 8.53. The molecule has 0 bridgehead atoms. The first kappa shape index (κ1) is 22.0. The second-order valence-electron chi connectivity index (χ2n) is 6.43. The molecule has 2 rings (SSSR count). The van der Waals surface area contributed by atoms with Crippen LogP contribution < -0.4 is 11.1 Å². The Hall–Kier alpha value is -2.32. The molecule has 28 heavy (non-hydrogen) atoms. The Labute approximate surface area is 168 Å². The van der Waals surface area contributed by atoms with Gasteiger partial charge in [0.15, 0.2) is 5.70 Å². The monoisotopic (exact) mass is 407 g/mol. The lowest BCUT2D eigenvalue weighted by atomic mass is 9.98. The van der Waals surface area contributed by atoms with E-state index in [0.29, 0.717) is 12.2 Å². The molecular weight excluding hydrogens is 381 g/mol. The minimum Gasteiger partial charge on any atom is -0.477 e. The van der Waals surface area contributed by atoms with E-state index >= 15 is 0 Å². The number of allylic oxidation sites excluding steroid dienone is 1. The summed E-state index contributed by atoms with van der Waals surface area (Å²) < 4.78 is 18.6. The Morgan fingerprint density at radius 2 is 2.18 bits per heavy atom. The van der Waals surface area contributed by atoms with Crippen LogP contribution in [0.2, 0.25) is 0 Å². The van der Waals surface area contributed by atoms with Crippen LogP contribution >= 0.6 is 11.8 Å². The first-order valence-electron chi connectivity index (χ1n) is 8.99. The highest BCUT2D eigenvalue weighted by Crippen LogP contribution is 2.32. The topological polar surface area (TPSA) is 96.9 Å². The van der Waals surface area contributed by atoms with Crippen molar-refractivity contribution < 1.29 is 19.0 Å². The van der Waals surface area contributed by atoms with E-state index in [4.69, 9.17) is 15.6 Å². The van der Waals surface area contributed by atoms with E-state index < -0.39 is 18.5 Å². The fraction of sp³-hybridized carbons (Fsp3) is 0.400. The number of aliphatic imine (C=N–C) groups is 1. The van der Waals surface area contributed by atoms with E-state index in [9.17, 15) is 9.18 Å². The summed E-state index contributed by atoms with van der Waals surface area (Å²) in [5.41, 5.74) is 6.40. The summed E-state index contributed by atoms with van der Waals surface area (Å²) in [4.78, 5) is 15.9. The minimum absolute atomic E-state index is 0.0168. The lowest BCUT2D eigenvalue weighted by Crippen LogP contribution is -2.32. The summed E-state index contributed by atoms with van der Waals surface area (Å²) >= 11 is 1.70. The van der Waals surface area contributed by atoms with E-state index in [1.807, 2.05) is 6.26 Å². The lowest BCUT2D eigenvalue weighted by molar-refractivity contribution is -0.132. The number of hydrogen-bond acceptors (Lipinski definition) is 5. The van der Waals surface area contributed by atoms with Gasteiger partial charge in [-0.25, -0.2) is 14.2 Å². The Balaban J connectivity index is 1.93. The molecule has 2 atom stereocenters. The molecule has 1 aliphatic heterocycles. The zero-order chi connectivity index (χ0) is 20.5. The van der Waals surface area contributed by atoms with Crippen molar-refractivity contribution in [1.82, 2.24) is 5.32 Å². The van der Waals surface area contributed by atoms with E-state index in [1.165, 1.54) is 11.0 Å². The molecule has 0 radical (unpaired) electrons. The smallest absolute Gasteiger partial charge is 0.354 e. The van der Waals surface area contributed by atoms with Crippen LogP contribution in [0.1, 0.15) is 30.9 Å². The molecule has 0 spiro atoms. The van der Waals surface area contributed by atoms with Crippen molar-refractivity contribution in [1.29, 1.82) is 0 Å². The van der Waals surface area contributed by atoms with Crippen LogP contribution in [0.4, 0.5) is 4.39 Å². The number of nitrogens with two attached hydrogens (primary N) is 1. The number of rotatable bonds is 9. The number of nitrogens with zero attached hydrogens (tertiary/aromatic N) is 1. The fourth-order valence-corrected chi connectivity index (χ4v) is 3.31. The Morgan fingerprint density at radius 1 is 1.46 bits per heavy atom. The van der Waals surface area contributed by atoms with Crippen LogP contribution in [0.3, 0.4) is 0 Å². The second kappa shape index (κ2) is 10.9. The number of ether oxygens (including phenoxy) is 1. The van der Waals surface area contributed by atoms with E-state index in [1.54, 1.807) is 11.8 Å². The van der Waals surface area contributed by atoms with Crippen LogP contribution in [-0.4, -0.2) is 42.5 Å². The van der Waals surface area contributed by atoms with Crippen molar-refractivity contribution in [3.8, 4) is 0 Å². The molecule has 1 fully saturated rings. The van der Waals surface area contributed by atoms with Gasteiger partial charge in [0.1, 0.15) is 12.5 Å². The zero-order valence-electron chi connectivity index (χ0n) is 15.9. The van der Waals surface area contributed by atoms with Gasteiger partial charge in [-0.3, -0.25) is 0 Å². The maximum atomic E-state index is 12.4. The van der Waals surface area contributed by atoms with Gasteiger partial charge in [0, 0.05) is 17.1 Å². The van der Waals surface area contributed by atoms with Crippen molar-refractivity contribution >= 4 is 23.6 Å². The maximum Gasteiger partial charge on any atom is 0.354 e. The van der Waals surface area contributed by atoms with E-state index in [-0.39, 0.29) is 17.9 Å². The first-order chi connectivity index (χ1) is 13.4. The van der Waals surface area contributed by atoms with Gasteiger partial charge < -0.3 is 20.9 Å². The lowest BCUT2D eigenvalue weighted by Gasteiger charge is -2.31. The summed E-state index contributed by atoms with van der Waals surface area (Å²) in [6.07, 6.45) is 6.22. The molecule has 0 aromatic heterocycles. The maximum absolute atomic E-state index is 12.4. The number of aliphatic carboxylic acids is 1. The summed E-state index contributed by atoms with van der Waals surface area (Å²) in [6.45, 7) is 3.25. The molecule has 1 saturated heterocycles. The summed E-state index contributed by atoms with van der Waals surface area (Å²) in [5.74, 6) is -1.70. The van der Waals surface area contributed by atoms with Crippen LogP contribution in [0.15, 0.2) is 58.2 Å². The van der Waals surface area contributed by atoms with E-state index in [0.717, 1.165) is 24.8 Å². The zero-order valence-corrected chi connectivity index (χ0v) is 16.7. The van der Waals surface area contributed by atoms with Crippen LogP contribution in [0.5, 0.6) is 0 Å². The standard InChI is InChI=1S/C20H26FN3O3S/c1-13(10-17(20(25)26)24-19(22)11-21)23-12-15-4-3-5-18(27-15)14-6-8-16(28-2)9-7-14/h6-10,15,18,23H,1,3-5,11-12H2,2H3,(H2,22,24)(H,25,26)/b17-10-/t15-,18+/m1/s1. The number of carboxylic acids is 1. The molecule has 4 N–H and O–H groups in total. The molecule has 1 heterocycles. The summed E-state index contributed by atoms with van der Waals surface area (Å²) in [5, 5.41) is 12.2. The third kappa shape index (κ3) is 6.69. The number of alkyl halides is 1. The van der Waals surface area contributed by atoms with Gasteiger partial charge in [-0.15, -0.1) is 11.8 Å². The summed E-state index contributed by atoms with van der Waals surface area (Å²) in [6, 6.07) is 8.38. The highest BCUT2D eigenvalue weighted by atomic mass is 32.2. The van der Waals surface area contributed by atoms with Gasteiger partial charge in [0.25, 0.3) is 0 Å². The van der Waals surface area contributed by atoms with Gasteiger partial charge in [-0.2, -0.15) is 0 Å². The highest BCUT2D eigenvalue weighted by molar-refractivity contribution is 7.98. The van der Waals surface area contributed by atoms with Crippen molar-refractivity contribution in [2.24, 2.45) is 10.7 Å². The number of carbonyl (C=O) groups is 1. The average molecular weight is 408 g/mol. The highest BCUT2D eigenvalue weighted by Gasteiger charge is 2.23. The molecule has 1 aliphatic rings. The number of nitrogens with one attached hydrogen (secondary N) is 1. The van der Waals surface area contributed by atoms with Gasteiger partial charge in [-0.05, 0) is 49.3 Å². The Bertz CT molecular complexity index is 750. The summed E-state index contributed by atoms with van der Waals surface area (Å²) in [7, 11) is 0. The SMILES string of the molecule is C=C(/C=C(\N=C(/N)CF)C(=O)O)NC[C@H]1CCC[C@@H](c2ccc(SC)cc2)O1. The molecular formula is C20H26FN3O3S. The molecule has 1 aromatic rings.